The summed E-state index contributed by atoms with van der Waals surface area (Å²) in [6, 6.07) is 5.96. The molecule has 2 rings (SSSR count). The van der Waals surface area contributed by atoms with E-state index in [1.165, 1.54) is 0 Å². The number of carbonyl (C=O) groups is 1. The normalized spacial score (nSPS) is 32.0. The summed E-state index contributed by atoms with van der Waals surface area (Å²) in [6.45, 7) is -0.650. The highest BCUT2D eigenvalue weighted by Gasteiger charge is 2.43. The maximum absolute atomic E-state index is 12.0. The fraction of sp³-hybridized carbons (Fsp3) is 0.500. The first-order valence-electron chi connectivity index (χ1n) is 6.76. The van der Waals surface area contributed by atoms with Crippen LogP contribution >= 0.6 is 22.6 Å². The maximum atomic E-state index is 12.0. The number of hydrogen-bond acceptors (Lipinski definition) is 7. The third kappa shape index (κ3) is 4.02. The summed E-state index contributed by atoms with van der Waals surface area (Å²) >= 11 is 2.13. The number of rotatable bonds is 5. The number of ketones is 1. The second-order valence-corrected chi connectivity index (χ2v) is 6.31. The Hall–Kier alpha value is -0.620. The van der Waals surface area contributed by atoms with E-state index in [2.05, 4.69) is 27.9 Å². The number of carbonyl (C=O) groups excluding carboxylic acids is 1. The van der Waals surface area contributed by atoms with Crippen molar-refractivity contribution in [3.63, 3.8) is 0 Å². The monoisotopic (exact) mass is 423 g/mol. The van der Waals surface area contributed by atoms with Gasteiger partial charge in [0.05, 0.1) is 19.2 Å². The molecule has 1 aromatic rings. The maximum Gasteiger partial charge on any atom is 0.176 e. The fourth-order valence-corrected chi connectivity index (χ4v) is 2.63. The number of benzene rings is 1. The molecule has 5 atom stereocenters. The summed E-state index contributed by atoms with van der Waals surface area (Å²) in [5.74, 6) is -0.213. The van der Waals surface area contributed by atoms with Crippen LogP contribution in [-0.4, -0.2) is 70.0 Å². The van der Waals surface area contributed by atoms with Gasteiger partial charge in [-0.15, -0.1) is 0 Å². The van der Waals surface area contributed by atoms with Crippen LogP contribution in [0.1, 0.15) is 10.4 Å². The highest BCUT2D eigenvalue weighted by molar-refractivity contribution is 14.1. The lowest BCUT2D eigenvalue weighted by Gasteiger charge is -2.40. The van der Waals surface area contributed by atoms with Gasteiger partial charge in [-0.3, -0.25) is 10.1 Å². The Labute approximate surface area is 141 Å². The van der Waals surface area contributed by atoms with Crippen molar-refractivity contribution in [3.8, 4) is 0 Å². The minimum Gasteiger partial charge on any atom is -0.394 e. The van der Waals surface area contributed by atoms with Gasteiger partial charge in [-0.25, -0.2) is 0 Å². The first-order valence-corrected chi connectivity index (χ1v) is 7.84. The van der Waals surface area contributed by atoms with Crippen molar-refractivity contribution >= 4 is 28.4 Å². The van der Waals surface area contributed by atoms with E-state index >= 15 is 0 Å². The molecule has 1 aliphatic rings. The van der Waals surface area contributed by atoms with Crippen LogP contribution in [-0.2, 0) is 4.74 Å². The van der Waals surface area contributed by atoms with Crippen molar-refractivity contribution in [1.29, 1.82) is 0 Å². The molecule has 0 radical (unpaired) electrons. The van der Waals surface area contributed by atoms with Crippen LogP contribution in [0.3, 0.4) is 0 Å². The molecule has 0 saturated carbocycles. The fourth-order valence-electron chi connectivity index (χ4n) is 2.27. The Kier molecular flexibility index (Phi) is 6.26. The quantitative estimate of drug-likeness (QED) is 0.300. The van der Waals surface area contributed by atoms with E-state index in [1.54, 1.807) is 24.3 Å². The lowest BCUT2D eigenvalue weighted by Crippen LogP contribution is -2.63. The van der Waals surface area contributed by atoms with E-state index in [-0.39, 0.29) is 12.3 Å². The van der Waals surface area contributed by atoms with Crippen molar-refractivity contribution in [1.82, 2.24) is 5.32 Å². The molecule has 0 amide bonds. The molecular weight excluding hydrogens is 405 g/mol. The van der Waals surface area contributed by atoms with Gasteiger partial charge in [-0.2, -0.15) is 0 Å². The zero-order valence-electron chi connectivity index (χ0n) is 11.6. The molecule has 0 bridgehead atoms. The number of aliphatic hydroxyl groups is 4. The van der Waals surface area contributed by atoms with Crippen LogP contribution in [0.25, 0.3) is 0 Å². The third-order valence-corrected chi connectivity index (χ3v) is 4.28. The lowest BCUT2D eigenvalue weighted by molar-refractivity contribution is -0.254. The molecule has 1 aliphatic heterocycles. The second-order valence-electron chi connectivity index (χ2n) is 5.07. The average molecular weight is 423 g/mol. The molecule has 1 aromatic carbocycles. The van der Waals surface area contributed by atoms with E-state index in [1.807, 2.05) is 0 Å². The number of aliphatic hydroxyl groups excluding tert-OH is 4. The Bertz CT molecular complexity index is 511. The van der Waals surface area contributed by atoms with Gasteiger partial charge in [0.15, 0.2) is 12.1 Å². The molecule has 22 heavy (non-hydrogen) atoms. The van der Waals surface area contributed by atoms with Gasteiger partial charge in [0, 0.05) is 9.13 Å². The standard InChI is InChI=1S/C14H18INO6/c15-8-3-1-7(2-4-8)9(18)5-16-11-13(20)12(19)10(6-17)22-14(11)21/h1-4,10-14,16-17,19-21H,5-6H2/t10-,11-,12-,13-,14?/m1/s1. The van der Waals surface area contributed by atoms with Gasteiger partial charge >= 0.3 is 0 Å². The van der Waals surface area contributed by atoms with Crippen molar-refractivity contribution in [2.45, 2.75) is 30.6 Å². The molecule has 0 aliphatic carbocycles. The van der Waals surface area contributed by atoms with Crippen LogP contribution in [0.5, 0.6) is 0 Å². The van der Waals surface area contributed by atoms with Crippen molar-refractivity contribution < 1.29 is 30.0 Å². The average Bonchev–Trinajstić information content (AvgIpc) is 2.51. The highest BCUT2D eigenvalue weighted by Crippen LogP contribution is 2.19. The summed E-state index contributed by atoms with van der Waals surface area (Å²) in [5, 5.41) is 41.2. The van der Waals surface area contributed by atoms with Gasteiger partial charge in [-0.05, 0) is 34.7 Å². The lowest BCUT2D eigenvalue weighted by atomic mass is 9.97. The van der Waals surface area contributed by atoms with Gasteiger partial charge in [-0.1, -0.05) is 12.1 Å². The highest BCUT2D eigenvalue weighted by atomic mass is 127. The number of Topliss-reactive ketones (excluding diaryl/α,β-unsaturated/α-hetero) is 1. The summed E-state index contributed by atoms with van der Waals surface area (Å²) in [5.41, 5.74) is 0.502. The smallest absolute Gasteiger partial charge is 0.176 e. The van der Waals surface area contributed by atoms with Crippen LogP contribution in [0.4, 0.5) is 0 Å². The van der Waals surface area contributed by atoms with Crippen LogP contribution in [0.2, 0.25) is 0 Å². The Morgan fingerprint density at radius 3 is 2.41 bits per heavy atom. The zero-order chi connectivity index (χ0) is 16.3. The molecule has 8 heteroatoms. The minimum atomic E-state index is -1.43. The summed E-state index contributed by atoms with van der Waals surface area (Å²) in [4.78, 5) is 12.0. The Balaban J connectivity index is 1.95. The molecule has 0 aromatic heterocycles. The molecule has 7 nitrogen and oxygen atoms in total. The second kappa shape index (κ2) is 7.77. The number of nitrogens with one attached hydrogen (secondary N) is 1. The number of ether oxygens (including phenoxy) is 1. The van der Waals surface area contributed by atoms with Crippen molar-refractivity contribution in [2.24, 2.45) is 0 Å². The summed E-state index contributed by atoms with van der Waals surface area (Å²) in [7, 11) is 0. The first kappa shape index (κ1) is 17.7. The number of halogens is 1. The predicted molar refractivity (Wildman–Crippen MR) is 85.3 cm³/mol. The molecule has 1 fully saturated rings. The topological polar surface area (TPSA) is 119 Å². The summed E-state index contributed by atoms with van der Waals surface area (Å²) < 4.78 is 6.01. The molecule has 0 spiro atoms. The predicted octanol–water partition coefficient (Wildman–Crippen LogP) is -1.14. The minimum absolute atomic E-state index is 0.126. The van der Waals surface area contributed by atoms with Crippen LogP contribution in [0.15, 0.2) is 24.3 Å². The van der Waals surface area contributed by atoms with Gasteiger partial charge in [0.2, 0.25) is 0 Å². The van der Waals surface area contributed by atoms with Crippen molar-refractivity contribution in [2.75, 3.05) is 13.2 Å². The third-order valence-electron chi connectivity index (χ3n) is 3.56. The van der Waals surface area contributed by atoms with E-state index in [0.29, 0.717) is 5.56 Å². The van der Waals surface area contributed by atoms with Gasteiger partial charge in [0.25, 0.3) is 0 Å². The molecular formula is C14H18INO6. The van der Waals surface area contributed by atoms with Gasteiger partial charge in [0.1, 0.15) is 18.3 Å². The van der Waals surface area contributed by atoms with Crippen LogP contribution in [0, 0.1) is 3.57 Å². The van der Waals surface area contributed by atoms with E-state index in [4.69, 9.17) is 9.84 Å². The van der Waals surface area contributed by atoms with Crippen LogP contribution < -0.4 is 5.32 Å². The molecule has 5 N–H and O–H groups in total. The molecule has 122 valence electrons. The van der Waals surface area contributed by atoms with E-state index in [0.717, 1.165) is 3.57 Å². The molecule has 1 saturated heterocycles. The zero-order valence-corrected chi connectivity index (χ0v) is 13.8. The van der Waals surface area contributed by atoms with Crippen molar-refractivity contribution in [3.05, 3.63) is 33.4 Å². The van der Waals surface area contributed by atoms with Gasteiger partial charge < -0.3 is 25.2 Å². The van der Waals surface area contributed by atoms with E-state index < -0.39 is 37.3 Å². The summed E-state index contributed by atoms with van der Waals surface area (Å²) in [6.07, 6.45) is -5.19. The first-order chi connectivity index (χ1) is 10.4. The Morgan fingerprint density at radius 1 is 1.18 bits per heavy atom. The molecule has 1 unspecified atom stereocenters. The molecule has 1 heterocycles. The van der Waals surface area contributed by atoms with E-state index in [9.17, 15) is 20.1 Å². The number of hydrogen-bond donors (Lipinski definition) is 5. The SMILES string of the molecule is O=C(CN[C@H]1C(O)O[C@H](CO)[C@@H](O)[C@@H]1O)c1ccc(I)cc1. The Morgan fingerprint density at radius 2 is 1.82 bits per heavy atom. The largest absolute Gasteiger partial charge is 0.394 e.